The van der Waals surface area contributed by atoms with Crippen LogP contribution in [0.15, 0.2) is 146 Å². The highest BCUT2D eigenvalue weighted by molar-refractivity contribution is 6.15. The number of amides is 1. The van der Waals surface area contributed by atoms with Crippen molar-refractivity contribution in [3.8, 4) is 6.07 Å². The Morgan fingerprint density at radius 1 is 0.815 bits per heavy atom. The molecule has 1 aliphatic heterocycles. The average Bonchev–Trinajstić information content (AvgIpc) is 3.45. The second-order valence-corrected chi connectivity index (χ2v) is 14.2. The number of hydrogen-bond donors (Lipinski definition) is 0. The lowest BCUT2D eigenvalue weighted by Gasteiger charge is -2.51. The third-order valence-electron chi connectivity index (χ3n) is 11.2. The molecule has 5 aromatic carbocycles. The summed E-state index contributed by atoms with van der Waals surface area (Å²) in [5.74, 6) is -3.32. The maximum atomic E-state index is 16.5. The lowest BCUT2D eigenvalue weighted by molar-refractivity contribution is -0.540. The number of anilines is 1. The Morgan fingerprint density at radius 3 is 1.78 bits per heavy atom. The molecule has 1 fully saturated rings. The van der Waals surface area contributed by atoms with Crippen LogP contribution in [0.1, 0.15) is 65.7 Å². The van der Waals surface area contributed by atoms with Crippen LogP contribution in [0.2, 0.25) is 0 Å². The van der Waals surface area contributed by atoms with E-state index in [4.69, 9.17) is 4.74 Å². The van der Waals surface area contributed by atoms with E-state index in [1.807, 2.05) is 91.0 Å². The van der Waals surface area contributed by atoms with Crippen molar-refractivity contribution in [2.75, 3.05) is 4.90 Å². The Labute approximate surface area is 314 Å². The Balaban J connectivity index is 1.60. The zero-order valence-electron chi connectivity index (χ0n) is 30.0. The van der Waals surface area contributed by atoms with Crippen molar-refractivity contribution in [1.82, 2.24) is 0 Å². The van der Waals surface area contributed by atoms with Gasteiger partial charge in [0.25, 0.3) is 0 Å². The Kier molecular flexibility index (Phi) is 9.46. The van der Waals surface area contributed by atoms with Gasteiger partial charge in [0.05, 0.1) is 12.2 Å². The highest BCUT2D eigenvalue weighted by Gasteiger charge is 2.80. The molecule has 1 amide bonds. The summed E-state index contributed by atoms with van der Waals surface area (Å²) in [4.78, 5) is 60.0. The molecule has 2 aliphatic rings. The van der Waals surface area contributed by atoms with Gasteiger partial charge in [-0.25, -0.2) is 0 Å². The number of carbonyl (C=O) groups is 3. The standard InChI is InChI=1S/C45H39N3O6/c1-31(2)54-42(51)43(30-46)36(29-39(49)32-17-7-3-8-18-32)27-28-40(48(52)53)44(43)37-25-15-16-26-38(37)47(41(44)50)45(33-19-9-4-10-20-33,34-21-11-5-12-22-34)35-23-13-6-14-24-35/h3-26,31,36,40H,27-29H2,1-2H3/t36-,40?,43-,44+/m0/s1. The number of esters is 1. The van der Waals surface area contributed by atoms with Gasteiger partial charge in [-0.15, -0.1) is 0 Å². The molecule has 9 nitrogen and oxygen atoms in total. The summed E-state index contributed by atoms with van der Waals surface area (Å²) in [7, 11) is 0. The monoisotopic (exact) mass is 717 g/mol. The molecule has 5 aromatic rings. The molecule has 0 aromatic heterocycles. The van der Waals surface area contributed by atoms with E-state index in [0.717, 1.165) is 0 Å². The number of rotatable bonds is 10. The smallest absolute Gasteiger partial charge is 0.328 e. The minimum Gasteiger partial charge on any atom is -0.462 e. The molecule has 0 radical (unpaired) electrons. The van der Waals surface area contributed by atoms with Crippen LogP contribution in [0.25, 0.3) is 0 Å². The molecule has 54 heavy (non-hydrogen) atoms. The number of nitro groups is 1. The van der Waals surface area contributed by atoms with Crippen LogP contribution in [0.4, 0.5) is 5.69 Å². The fraction of sp³-hybridized carbons (Fsp3) is 0.244. The molecule has 270 valence electrons. The van der Waals surface area contributed by atoms with Gasteiger partial charge in [0.15, 0.2) is 16.6 Å². The number of nitrogens with zero attached hydrogens (tertiary/aromatic N) is 3. The predicted molar refractivity (Wildman–Crippen MR) is 203 cm³/mol. The van der Waals surface area contributed by atoms with Crippen molar-refractivity contribution in [2.45, 2.75) is 56.2 Å². The van der Waals surface area contributed by atoms with Crippen LogP contribution in [0.3, 0.4) is 0 Å². The van der Waals surface area contributed by atoms with E-state index in [-0.39, 0.29) is 30.6 Å². The highest BCUT2D eigenvalue weighted by atomic mass is 16.6. The van der Waals surface area contributed by atoms with E-state index >= 15 is 4.79 Å². The number of ether oxygens (including phenoxy) is 1. The molecule has 0 bridgehead atoms. The van der Waals surface area contributed by atoms with Crippen molar-refractivity contribution in [3.63, 3.8) is 0 Å². The summed E-state index contributed by atoms with van der Waals surface area (Å²) >= 11 is 0. The van der Waals surface area contributed by atoms with Gasteiger partial charge in [0, 0.05) is 34.6 Å². The summed E-state index contributed by atoms with van der Waals surface area (Å²) in [6.45, 7) is 3.24. The van der Waals surface area contributed by atoms with E-state index in [2.05, 4.69) is 6.07 Å². The number of para-hydroxylation sites is 1. The Morgan fingerprint density at radius 2 is 1.30 bits per heavy atom. The van der Waals surface area contributed by atoms with Crippen molar-refractivity contribution in [1.29, 1.82) is 5.26 Å². The normalized spacial score (nSPS) is 22.0. The zero-order chi connectivity index (χ0) is 38.1. The van der Waals surface area contributed by atoms with E-state index in [1.54, 1.807) is 73.3 Å². The number of benzene rings is 5. The third-order valence-corrected chi connectivity index (χ3v) is 11.2. The average molecular weight is 718 g/mol. The van der Waals surface area contributed by atoms with Crippen molar-refractivity contribution in [2.24, 2.45) is 11.3 Å². The third kappa shape index (κ3) is 5.24. The Bertz CT molecular complexity index is 2140. The highest BCUT2D eigenvalue weighted by Crippen LogP contribution is 2.65. The van der Waals surface area contributed by atoms with Gasteiger partial charge in [-0.2, -0.15) is 5.26 Å². The molecule has 0 saturated heterocycles. The lowest BCUT2D eigenvalue weighted by atomic mass is 9.47. The van der Waals surface area contributed by atoms with Crippen LogP contribution in [-0.2, 0) is 25.3 Å². The van der Waals surface area contributed by atoms with Crippen LogP contribution in [-0.4, -0.2) is 34.7 Å². The van der Waals surface area contributed by atoms with Crippen molar-refractivity contribution >= 4 is 23.3 Å². The van der Waals surface area contributed by atoms with Gasteiger partial charge < -0.3 is 4.74 Å². The predicted octanol–water partition coefficient (Wildman–Crippen LogP) is 8.05. The fourth-order valence-electron chi connectivity index (χ4n) is 9.09. The molecule has 1 aliphatic carbocycles. The van der Waals surface area contributed by atoms with E-state index in [0.29, 0.717) is 27.9 Å². The molecular weight excluding hydrogens is 679 g/mol. The first-order valence-electron chi connectivity index (χ1n) is 18.1. The number of hydrogen-bond acceptors (Lipinski definition) is 7. The topological polar surface area (TPSA) is 131 Å². The van der Waals surface area contributed by atoms with Crippen molar-refractivity contribution in [3.05, 3.63) is 184 Å². The molecule has 4 atom stereocenters. The summed E-state index contributed by atoms with van der Waals surface area (Å²) in [6.07, 6.45) is -1.25. The minimum absolute atomic E-state index is 0.0383. The molecule has 7 rings (SSSR count). The first kappa shape index (κ1) is 36.0. The van der Waals surface area contributed by atoms with Crippen LogP contribution < -0.4 is 4.90 Å². The number of nitriles is 1. The number of ketones is 1. The van der Waals surface area contributed by atoms with E-state index in [9.17, 15) is 25.0 Å². The number of Topliss-reactive ketones (excluding diaryl/α,β-unsaturated/α-hetero) is 1. The first-order valence-corrected chi connectivity index (χ1v) is 18.1. The summed E-state index contributed by atoms with van der Waals surface area (Å²) < 4.78 is 5.89. The van der Waals surface area contributed by atoms with E-state index in [1.165, 1.54) is 0 Å². The molecule has 1 spiro atoms. The maximum Gasteiger partial charge on any atom is 0.328 e. The largest absolute Gasteiger partial charge is 0.462 e. The molecular formula is C45H39N3O6. The summed E-state index contributed by atoms with van der Waals surface area (Å²) in [5.41, 5.74) is -3.45. The molecule has 0 N–H and O–H groups in total. The van der Waals surface area contributed by atoms with Crippen LogP contribution in [0, 0.1) is 32.8 Å². The van der Waals surface area contributed by atoms with Gasteiger partial charge in [-0.1, -0.05) is 140 Å². The Hall–Kier alpha value is -6.40. The first-order chi connectivity index (χ1) is 26.1. The zero-order valence-corrected chi connectivity index (χ0v) is 30.0. The van der Waals surface area contributed by atoms with E-state index < -0.39 is 51.2 Å². The second-order valence-electron chi connectivity index (χ2n) is 14.2. The molecule has 9 heteroatoms. The van der Waals surface area contributed by atoms with Gasteiger partial charge >= 0.3 is 5.97 Å². The second kappa shape index (κ2) is 14.2. The summed E-state index contributed by atoms with van der Waals surface area (Å²) in [6, 6.07) is 43.9. The lowest BCUT2D eigenvalue weighted by Crippen LogP contribution is -2.70. The SMILES string of the molecule is CC(C)OC(=O)[C@]1(C#N)[C@H](CC(=O)c2ccccc2)CCC([N+](=O)[O-])[C@]12C(=O)N(C(c1ccccc1)(c1ccccc1)c1ccccc1)c1ccccc12. The number of carbonyl (C=O) groups excluding carboxylic acids is 3. The minimum atomic E-state index is -2.49. The number of fused-ring (bicyclic) bond motifs is 2. The molecule has 1 unspecified atom stereocenters. The maximum absolute atomic E-state index is 16.5. The molecule has 1 saturated carbocycles. The fourth-order valence-corrected chi connectivity index (χ4v) is 9.09. The van der Waals surface area contributed by atoms with Gasteiger partial charge in [0.1, 0.15) is 5.54 Å². The van der Waals surface area contributed by atoms with Gasteiger partial charge in [-0.3, -0.25) is 29.4 Å². The van der Waals surface area contributed by atoms with Crippen LogP contribution >= 0.6 is 0 Å². The van der Waals surface area contributed by atoms with Gasteiger partial charge in [-0.05, 0) is 48.9 Å². The van der Waals surface area contributed by atoms with Crippen molar-refractivity contribution < 1.29 is 24.0 Å². The van der Waals surface area contributed by atoms with Crippen LogP contribution in [0.5, 0.6) is 0 Å². The molecule has 1 heterocycles. The van der Waals surface area contributed by atoms with Gasteiger partial charge in [0.2, 0.25) is 11.9 Å². The quantitative estimate of drug-likeness (QED) is 0.0470. The summed E-state index contributed by atoms with van der Waals surface area (Å²) in [5, 5.41) is 25.2.